The van der Waals surface area contributed by atoms with Gasteiger partial charge in [-0.05, 0) is 48.6 Å². The number of carbonyl (C=O) groups excluding carboxylic acids is 1. The molecule has 2 aromatic heterocycles. The van der Waals surface area contributed by atoms with Crippen molar-refractivity contribution in [3.63, 3.8) is 0 Å². The van der Waals surface area contributed by atoms with Crippen LogP contribution >= 0.6 is 11.6 Å². The van der Waals surface area contributed by atoms with E-state index in [0.717, 1.165) is 49.2 Å². The van der Waals surface area contributed by atoms with Crippen molar-refractivity contribution in [1.82, 2.24) is 25.3 Å². The van der Waals surface area contributed by atoms with Crippen LogP contribution in [0.1, 0.15) is 18.4 Å². The highest BCUT2D eigenvalue weighted by Crippen LogP contribution is 2.27. The van der Waals surface area contributed by atoms with Crippen LogP contribution in [0.4, 0.5) is 5.82 Å². The second-order valence-electron chi connectivity index (χ2n) is 6.89. The van der Waals surface area contributed by atoms with Gasteiger partial charge >= 0.3 is 0 Å². The molecule has 1 amide bonds. The first-order valence-corrected chi connectivity index (χ1v) is 9.65. The normalized spacial score (nSPS) is 15.1. The Bertz CT molecular complexity index is 966. The molecule has 3 aromatic rings. The third-order valence-corrected chi connectivity index (χ3v) is 5.22. The number of amides is 1. The number of aromatic amines is 1. The number of piperidine rings is 1. The van der Waals surface area contributed by atoms with Gasteiger partial charge in [-0.15, -0.1) is 0 Å². The molecule has 0 aliphatic carbocycles. The molecule has 0 atom stereocenters. The maximum absolute atomic E-state index is 12.5. The molecule has 0 bridgehead atoms. The highest BCUT2D eigenvalue weighted by molar-refractivity contribution is 6.28. The molecular formula is C19H21ClN6O2. The van der Waals surface area contributed by atoms with Crippen LogP contribution in [-0.2, 0) is 11.2 Å². The number of halogens is 1. The molecule has 9 heteroatoms. The maximum atomic E-state index is 12.5. The number of anilines is 1. The Balaban J connectivity index is 1.30. The summed E-state index contributed by atoms with van der Waals surface area (Å²) in [7, 11) is 0. The summed E-state index contributed by atoms with van der Waals surface area (Å²) in [5, 5.41) is 12.5. The Labute approximate surface area is 167 Å². The van der Waals surface area contributed by atoms with E-state index >= 15 is 0 Å². The van der Waals surface area contributed by atoms with E-state index in [4.69, 9.17) is 11.6 Å². The molecule has 1 saturated heterocycles. The van der Waals surface area contributed by atoms with Gasteiger partial charge in [0.05, 0.1) is 6.33 Å². The predicted molar refractivity (Wildman–Crippen MR) is 106 cm³/mol. The first-order chi connectivity index (χ1) is 13.6. The molecule has 28 heavy (non-hydrogen) atoms. The second-order valence-corrected chi connectivity index (χ2v) is 7.22. The van der Waals surface area contributed by atoms with Gasteiger partial charge in [-0.2, -0.15) is 9.97 Å². The molecule has 0 spiro atoms. The number of nitrogens with one attached hydrogen (secondary N) is 2. The number of H-pyrrole nitrogens is 1. The van der Waals surface area contributed by atoms with Gasteiger partial charge in [0.2, 0.25) is 11.2 Å². The summed E-state index contributed by atoms with van der Waals surface area (Å²) in [4.78, 5) is 30.3. The number of imidazole rings is 1. The average Bonchev–Trinajstić information content (AvgIpc) is 3.17. The van der Waals surface area contributed by atoms with Crippen LogP contribution in [0.2, 0.25) is 5.28 Å². The zero-order valence-electron chi connectivity index (χ0n) is 15.2. The minimum atomic E-state index is -0.00867. The van der Waals surface area contributed by atoms with Gasteiger partial charge in [0.15, 0.2) is 11.5 Å². The number of hydrogen-bond donors (Lipinski definition) is 3. The molecule has 1 aliphatic rings. The van der Waals surface area contributed by atoms with Gasteiger partial charge in [-0.1, -0.05) is 12.1 Å². The number of phenols is 1. The lowest BCUT2D eigenvalue weighted by Gasteiger charge is -2.32. The summed E-state index contributed by atoms with van der Waals surface area (Å²) in [6.07, 6.45) is 3.82. The fourth-order valence-corrected chi connectivity index (χ4v) is 3.67. The maximum Gasteiger partial charge on any atom is 0.226 e. The van der Waals surface area contributed by atoms with Crippen molar-refractivity contribution in [2.45, 2.75) is 19.3 Å². The Morgan fingerprint density at radius 1 is 1.25 bits per heavy atom. The van der Waals surface area contributed by atoms with Gasteiger partial charge < -0.3 is 20.3 Å². The van der Waals surface area contributed by atoms with Crippen LogP contribution in [0.5, 0.6) is 5.75 Å². The highest BCUT2D eigenvalue weighted by Gasteiger charge is 2.27. The van der Waals surface area contributed by atoms with Crippen LogP contribution < -0.4 is 10.2 Å². The molecule has 146 valence electrons. The molecule has 8 nitrogen and oxygen atoms in total. The number of hydrogen-bond acceptors (Lipinski definition) is 6. The molecule has 3 heterocycles. The lowest BCUT2D eigenvalue weighted by atomic mass is 9.95. The smallest absolute Gasteiger partial charge is 0.226 e. The number of fused-ring (bicyclic) bond motifs is 1. The standard InChI is InChI=1S/C19H21ClN6O2/c20-19-24-16-15(22-11-23-16)17(25-19)26-9-6-13(7-10-26)18(28)21-8-5-12-1-3-14(27)4-2-12/h1-4,11,13,27H,5-10H2,(H,21,28)(H,22,23,24,25). The van der Waals surface area contributed by atoms with E-state index in [1.807, 2.05) is 12.1 Å². The number of rotatable bonds is 5. The van der Waals surface area contributed by atoms with Gasteiger partial charge in [0.1, 0.15) is 11.3 Å². The van der Waals surface area contributed by atoms with Gasteiger partial charge in [0.25, 0.3) is 0 Å². The van der Waals surface area contributed by atoms with Gasteiger partial charge in [-0.25, -0.2) is 4.98 Å². The quantitative estimate of drug-likeness (QED) is 0.567. The number of phenolic OH excluding ortho intramolecular Hbond substituents is 1. The topological polar surface area (TPSA) is 107 Å². The zero-order valence-corrected chi connectivity index (χ0v) is 16.0. The number of aromatic nitrogens is 4. The first kappa shape index (κ1) is 18.5. The minimum absolute atomic E-state index is 0.00867. The second kappa shape index (κ2) is 8.02. The van der Waals surface area contributed by atoms with Crippen molar-refractivity contribution >= 4 is 34.5 Å². The number of aromatic hydroxyl groups is 1. The number of carbonyl (C=O) groups is 1. The number of benzene rings is 1. The van der Waals surface area contributed by atoms with Crippen LogP contribution in [0.25, 0.3) is 11.2 Å². The molecule has 4 rings (SSSR count). The van der Waals surface area contributed by atoms with E-state index in [1.54, 1.807) is 18.5 Å². The molecule has 0 saturated carbocycles. The van der Waals surface area contributed by atoms with Crippen molar-refractivity contribution in [1.29, 1.82) is 0 Å². The van der Waals surface area contributed by atoms with E-state index < -0.39 is 0 Å². The largest absolute Gasteiger partial charge is 0.508 e. The fourth-order valence-electron chi connectivity index (χ4n) is 3.51. The van der Waals surface area contributed by atoms with Crippen molar-refractivity contribution < 1.29 is 9.90 Å². The summed E-state index contributed by atoms with van der Waals surface area (Å²) in [6.45, 7) is 2.02. The molecular weight excluding hydrogens is 380 g/mol. The Morgan fingerprint density at radius 3 is 2.75 bits per heavy atom. The van der Waals surface area contributed by atoms with Crippen molar-refractivity contribution in [2.24, 2.45) is 5.92 Å². The van der Waals surface area contributed by atoms with Crippen molar-refractivity contribution in [3.05, 3.63) is 41.4 Å². The highest BCUT2D eigenvalue weighted by atomic mass is 35.5. The number of nitrogens with zero attached hydrogens (tertiary/aromatic N) is 4. The molecule has 0 unspecified atom stereocenters. The molecule has 1 aliphatic heterocycles. The summed E-state index contributed by atoms with van der Waals surface area (Å²) in [6, 6.07) is 7.04. The van der Waals surface area contributed by atoms with Crippen molar-refractivity contribution in [3.8, 4) is 5.75 Å². The summed E-state index contributed by atoms with van der Waals surface area (Å²) < 4.78 is 0. The Kier molecular flexibility index (Phi) is 5.29. The van der Waals surface area contributed by atoms with Crippen LogP contribution in [0.3, 0.4) is 0 Å². The average molecular weight is 401 g/mol. The first-order valence-electron chi connectivity index (χ1n) is 9.27. The zero-order chi connectivity index (χ0) is 19.5. The van der Waals surface area contributed by atoms with E-state index in [1.165, 1.54) is 0 Å². The summed E-state index contributed by atoms with van der Waals surface area (Å²) >= 11 is 6.01. The van der Waals surface area contributed by atoms with Crippen molar-refractivity contribution in [2.75, 3.05) is 24.5 Å². The van der Waals surface area contributed by atoms with E-state index in [-0.39, 0.29) is 22.9 Å². The molecule has 0 radical (unpaired) electrons. The third-order valence-electron chi connectivity index (χ3n) is 5.05. The van der Waals surface area contributed by atoms with Crippen LogP contribution in [0, 0.1) is 5.92 Å². The fraction of sp³-hybridized carbons (Fsp3) is 0.368. The Hall–Kier alpha value is -2.87. The van der Waals surface area contributed by atoms with E-state index in [9.17, 15) is 9.90 Å². The summed E-state index contributed by atoms with van der Waals surface area (Å²) in [5.41, 5.74) is 2.39. The monoisotopic (exact) mass is 400 g/mol. The molecule has 3 N–H and O–H groups in total. The van der Waals surface area contributed by atoms with Crippen LogP contribution in [-0.4, -0.2) is 50.6 Å². The predicted octanol–water partition coefficient (Wildman–Crippen LogP) is 2.29. The molecule has 1 fully saturated rings. The minimum Gasteiger partial charge on any atom is -0.508 e. The van der Waals surface area contributed by atoms with E-state index in [2.05, 4.69) is 30.2 Å². The lowest BCUT2D eigenvalue weighted by Crippen LogP contribution is -2.41. The third kappa shape index (κ3) is 4.01. The van der Waals surface area contributed by atoms with Gasteiger partial charge in [-0.3, -0.25) is 4.79 Å². The van der Waals surface area contributed by atoms with Gasteiger partial charge in [0, 0.05) is 25.6 Å². The van der Waals surface area contributed by atoms with Crippen LogP contribution in [0.15, 0.2) is 30.6 Å². The Morgan fingerprint density at radius 2 is 2.00 bits per heavy atom. The van der Waals surface area contributed by atoms with E-state index in [0.29, 0.717) is 12.2 Å². The lowest BCUT2D eigenvalue weighted by molar-refractivity contribution is -0.125. The SMILES string of the molecule is O=C(NCCc1ccc(O)cc1)C1CCN(c2nc(Cl)nc3nc[nH]c23)CC1. The summed E-state index contributed by atoms with van der Waals surface area (Å²) in [5.74, 6) is 1.06. The molecule has 1 aromatic carbocycles.